The van der Waals surface area contributed by atoms with E-state index >= 15 is 0 Å². The quantitative estimate of drug-likeness (QED) is 0.618. The number of carbonyl (C=O) groups excluding carboxylic acids is 1. The molecule has 0 fully saturated rings. The van der Waals surface area contributed by atoms with E-state index in [1.807, 2.05) is 24.3 Å². The van der Waals surface area contributed by atoms with E-state index in [2.05, 4.69) is 10.3 Å². The molecular weight excluding hydrogens is 391 g/mol. The maximum Gasteiger partial charge on any atom is 0.163 e. The van der Waals surface area contributed by atoms with Crippen LogP contribution in [-0.4, -0.2) is 18.2 Å². The summed E-state index contributed by atoms with van der Waals surface area (Å²) in [5, 5.41) is 5.02. The molecule has 2 aromatic rings. The predicted molar refractivity (Wildman–Crippen MR) is 109 cm³/mol. The SMILES string of the molecule is O=C(CCc1cc(Cl)cc(Cl)c1)c1cc(Cl)cc(CNC2=NCCC2)c1. The van der Waals surface area contributed by atoms with Crippen molar-refractivity contribution in [1.82, 2.24) is 5.32 Å². The molecule has 0 saturated carbocycles. The molecule has 136 valence electrons. The van der Waals surface area contributed by atoms with Crippen LogP contribution in [0.15, 0.2) is 41.4 Å². The number of benzene rings is 2. The zero-order chi connectivity index (χ0) is 18.5. The van der Waals surface area contributed by atoms with Crippen molar-refractivity contribution >= 4 is 46.4 Å². The first kappa shape index (κ1) is 19.2. The van der Waals surface area contributed by atoms with Crippen molar-refractivity contribution in [2.45, 2.75) is 32.2 Å². The minimum Gasteiger partial charge on any atom is -0.370 e. The molecule has 1 aliphatic rings. The number of aliphatic imine (C=N–C) groups is 1. The van der Waals surface area contributed by atoms with Gasteiger partial charge in [0.1, 0.15) is 0 Å². The van der Waals surface area contributed by atoms with Gasteiger partial charge in [0.05, 0.1) is 5.84 Å². The summed E-state index contributed by atoms with van der Waals surface area (Å²) in [6, 6.07) is 10.8. The molecule has 3 rings (SSSR count). The Morgan fingerprint density at radius 2 is 1.65 bits per heavy atom. The number of nitrogens with one attached hydrogen (secondary N) is 1. The summed E-state index contributed by atoms with van der Waals surface area (Å²) >= 11 is 18.2. The maximum absolute atomic E-state index is 12.6. The van der Waals surface area contributed by atoms with Crippen molar-refractivity contribution in [1.29, 1.82) is 0 Å². The van der Waals surface area contributed by atoms with Crippen molar-refractivity contribution in [2.75, 3.05) is 6.54 Å². The van der Waals surface area contributed by atoms with Gasteiger partial charge in [-0.25, -0.2) is 0 Å². The smallest absolute Gasteiger partial charge is 0.163 e. The van der Waals surface area contributed by atoms with Crippen LogP contribution in [0.4, 0.5) is 0 Å². The average Bonchev–Trinajstić information content (AvgIpc) is 3.10. The molecule has 2 aromatic carbocycles. The molecule has 1 heterocycles. The van der Waals surface area contributed by atoms with E-state index in [0.29, 0.717) is 40.0 Å². The Balaban J connectivity index is 1.64. The van der Waals surface area contributed by atoms with Gasteiger partial charge in [-0.05, 0) is 60.4 Å². The Morgan fingerprint density at radius 3 is 2.35 bits per heavy atom. The summed E-state index contributed by atoms with van der Waals surface area (Å²) in [7, 11) is 0. The van der Waals surface area contributed by atoms with Gasteiger partial charge in [-0.2, -0.15) is 0 Å². The molecule has 0 aromatic heterocycles. The molecule has 0 atom stereocenters. The molecule has 6 heteroatoms. The monoisotopic (exact) mass is 408 g/mol. The fourth-order valence-corrected chi connectivity index (χ4v) is 3.79. The third-order valence-corrected chi connectivity index (χ3v) is 4.87. The summed E-state index contributed by atoms with van der Waals surface area (Å²) < 4.78 is 0. The van der Waals surface area contributed by atoms with E-state index in [1.54, 1.807) is 12.1 Å². The number of hydrogen-bond acceptors (Lipinski definition) is 3. The number of halogens is 3. The van der Waals surface area contributed by atoms with Crippen LogP contribution in [0.1, 0.15) is 40.7 Å². The highest BCUT2D eigenvalue weighted by Gasteiger charge is 2.11. The van der Waals surface area contributed by atoms with E-state index in [4.69, 9.17) is 34.8 Å². The highest BCUT2D eigenvalue weighted by molar-refractivity contribution is 6.34. The Morgan fingerprint density at radius 1 is 0.962 bits per heavy atom. The van der Waals surface area contributed by atoms with E-state index < -0.39 is 0 Å². The first-order chi connectivity index (χ1) is 12.5. The van der Waals surface area contributed by atoms with E-state index in [0.717, 1.165) is 36.3 Å². The molecule has 1 aliphatic heterocycles. The van der Waals surface area contributed by atoms with Crippen molar-refractivity contribution < 1.29 is 4.79 Å². The molecule has 0 aliphatic carbocycles. The van der Waals surface area contributed by atoms with Crippen LogP contribution < -0.4 is 5.32 Å². The molecule has 1 N–H and O–H groups in total. The number of hydrogen-bond donors (Lipinski definition) is 1. The molecule has 0 spiro atoms. The number of amidine groups is 1. The lowest BCUT2D eigenvalue weighted by atomic mass is 10.0. The molecule has 0 amide bonds. The molecule has 0 radical (unpaired) electrons. The largest absolute Gasteiger partial charge is 0.370 e. The third kappa shape index (κ3) is 5.47. The zero-order valence-electron chi connectivity index (χ0n) is 14.2. The molecule has 26 heavy (non-hydrogen) atoms. The van der Waals surface area contributed by atoms with Gasteiger partial charge in [0.15, 0.2) is 5.78 Å². The highest BCUT2D eigenvalue weighted by atomic mass is 35.5. The lowest BCUT2D eigenvalue weighted by Crippen LogP contribution is -2.20. The summed E-state index contributed by atoms with van der Waals surface area (Å²) in [5.41, 5.74) is 2.54. The Labute approximate surface area is 168 Å². The Bertz CT molecular complexity index is 829. The van der Waals surface area contributed by atoms with Gasteiger partial charge < -0.3 is 5.32 Å². The lowest BCUT2D eigenvalue weighted by molar-refractivity contribution is 0.0982. The van der Waals surface area contributed by atoms with Crippen LogP contribution in [-0.2, 0) is 13.0 Å². The summed E-state index contributed by atoms with van der Waals surface area (Å²) in [4.78, 5) is 17.0. The Hall–Kier alpha value is -1.55. The standard InChI is InChI=1S/C20H19Cl3N2O/c21-16-9-14(12-25-20-2-1-5-24-20)6-15(10-16)19(26)4-3-13-7-17(22)11-18(23)8-13/h6-11H,1-5,12H2,(H,24,25). The third-order valence-electron chi connectivity index (χ3n) is 4.21. The Kier molecular flexibility index (Phi) is 6.58. The predicted octanol–water partition coefficient (Wildman–Crippen LogP) is 5.74. The second-order valence-corrected chi connectivity index (χ2v) is 7.64. The lowest BCUT2D eigenvalue weighted by Gasteiger charge is -2.09. The fourth-order valence-electron chi connectivity index (χ4n) is 2.96. The number of Topliss-reactive ketones (excluding diaryl/α,β-unsaturated/α-hetero) is 1. The topological polar surface area (TPSA) is 41.5 Å². The van der Waals surface area contributed by atoms with E-state index in [9.17, 15) is 4.79 Å². The first-order valence-electron chi connectivity index (χ1n) is 8.54. The maximum atomic E-state index is 12.6. The number of carbonyl (C=O) groups is 1. The number of nitrogens with zero attached hydrogens (tertiary/aromatic N) is 1. The van der Waals surface area contributed by atoms with Gasteiger partial charge in [-0.1, -0.05) is 34.8 Å². The second kappa shape index (κ2) is 8.90. The second-order valence-electron chi connectivity index (χ2n) is 6.33. The van der Waals surface area contributed by atoms with Crippen LogP contribution in [0.5, 0.6) is 0 Å². The van der Waals surface area contributed by atoms with Crippen molar-refractivity contribution in [3.8, 4) is 0 Å². The number of ketones is 1. The summed E-state index contributed by atoms with van der Waals surface area (Å²) in [6.07, 6.45) is 3.02. The normalized spacial score (nSPS) is 13.6. The van der Waals surface area contributed by atoms with Crippen molar-refractivity contribution in [2.24, 2.45) is 4.99 Å². The van der Waals surface area contributed by atoms with E-state index in [1.165, 1.54) is 0 Å². The van der Waals surface area contributed by atoms with Gasteiger partial charge in [0.2, 0.25) is 0 Å². The van der Waals surface area contributed by atoms with Gasteiger partial charge in [-0.15, -0.1) is 0 Å². The van der Waals surface area contributed by atoms with Crippen LogP contribution in [0, 0.1) is 0 Å². The first-order valence-corrected chi connectivity index (χ1v) is 9.68. The van der Waals surface area contributed by atoms with Crippen molar-refractivity contribution in [3.63, 3.8) is 0 Å². The van der Waals surface area contributed by atoms with Crippen LogP contribution in [0.2, 0.25) is 15.1 Å². The average molecular weight is 410 g/mol. The number of aryl methyl sites for hydroxylation is 1. The number of rotatable bonds is 6. The summed E-state index contributed by atoms with van der Waals surface area (Å²) in [5.74, 6) is 1.07. The van der Waals surface area contributed by atoms with Gasteiger partial charge in [-0.3, -0.25) is 9.79 Å². The summed E-state index contributed by atoms with van der Waals surface area (Å²) in [6.45, 7) is 1.50. The van der Waals surface area contributed by atoms with Crippen LogP contribution >= 0.6 is 34.8 Å². The molecule has 0 bridgehead atoms. The highest BCUT2D eigenvalue weighted by Crippen LogP contribution is 2.22. The molecular formula is C20H19Cl3N2O. The van der Waals surface area contributed by atoms with E-state index in [-0.39, 0.29) is 5.78 Å². The zero-order valence-corrected chi connectivity index (χ0v) is 16.5. The van der Waals surface area contributed by atoms with Crippen LogP contribution in [0.3, 0.4) is 0 Å². The van der Waals surface area contributed by atoms with Crippen LogP contribution in [0.25, 0.3) is 0 Å². The minimum absolute atomic E-state index is 0.0445. The van der Waals surface area contributed by atoms with Gasteiger partial charge in [0.25, 0.3) is 0 Å². The van der Waals surface area contributed by atoms with Gasteiger partial charge in [0, 0.05) is 46.6 Å². The molecule has 0 saturated heterocycles. The van der Waals surface area contributed by atoms with Crippen molar-refractivity contribution in [3.05, 3.63) is 68.2 Å². The molecule has 0 unspecified atom stereocenters. The minimum atomic E-state index is 0.0445. The molecule has 3 nitrogen and oxygen atoms in total. The fraction of sp³-hybridized carbons (Fsp3) is 0.300. The van der Waals surface area contributed by atoms with Gasteiger partial charge >= 0.3 is 0 Å².